The zero-order chi connectivity index (χ0) is 14.4. The summed E-state index contributed by atoms with van der Waals surface area (Å²) < 4.78 is 11.0. The number of nitrogens with zero attached hydrogens (tertiary/aromatic N) is 1. The number of methoxy groups -OCH3 is 2. The lowest BCUT2D eigenvalue weighted by Crippen LogP contribution is -2.22. The van der Waals surface area contributed by atoms with Crippen molar-refractivity contribution in [1.82, 2.24) is 4.90 Å². The number of thioether (sulfide) groups is 1. The summed E-state index contributed by atoms with van der Waals surface area (Å²) in [4.78, 5) is 2.57. The first-order valence-electron chi connectivity index (χ1n) is 7.22. The van der Waals surface area contributed by atoms with E-state index in [1.54, 1.807) is 14.2 Å². The van der Waals surface area contributed by atoms with Crippen LogP contribution in [0.3, 0.4) is 0 Å². The van der Waals surface area contributed by atoms with Gasteiger partial charge in [-0.1, -0.05) is 12.1 Å². The lowest BCUT2D eigenvalue weighted by molar-refractivity contribution is 0.331. The average molecular weight is 295 g/mol. The Morgan fingerprint density at radius 1 is 1.30 bits per heavy atom. The SMILES string of the molecule is COc1cccc([C@H]2CCN(CCCSC)C2)c1OC. The third-order valence-electron chi connectivity index (χ3n) is 3.97. The molecule has 1 aliphatic heterocycles. The Balaban J connectivity index is 2.02. The summed E-state index contributed by atoms with van der Waals surface area (Å²) >= 11 is 1.93. The molecule has 0 aromatic heterocycles. The molecule has 1 saturated heterocycles. The monoisotopic (exact) mass is 295 g/mol. The van der Waals surface area contributed by atoms with Gasteiger partial charge in [0.15, 0.2) is 11.5 Å². The van der Waals surface area contributed by atoms with E-state index in [9.17, 15) is 0 Å². The minimum absolute atomic E-state index is 0.564. The van der Waals surface area contributed by atoms with Crippen molar-refractivity contribution < 1.29 is 9.47 Å². The van der Waals surface area contributed by atoms with Crippen molar-refractivity contribution in [2.45, 2.75) is 18.8 Å². The van der Waals surface area contributed by atoms with Gasteiger partial charge in [0.25, 0.3) is 0 Å². The molecule has 0 aliphatic carbocycles. The molecular formula is C16H25NO2S. The van der Waals surface area contributed by atoms with Gasteiger partial charge in [-0.15, -0.1) is 0 Å². The molecule has 4 heteroatoms. The van der Waals surface area contributed by atoms with E-state index in [1.165, 1.54) is 37.2 Å². The molecular weight excluding hydrogens is 270 g/mol. The highest BCUT2D eigenvalue weighted by Crippen LogP contribution is 2.39. The van der Waals surface area contributed by atoms with Gasteiger partial charge in [0.2, 0.25) is 0 Å². The number of ether oxygens (including phenoxy) is 2. The summed E-state index contributed by atoms with van der Waals surface area (Å²) in [5, 5.41) is 0. The summed E-state index contributed by atoms with van der Waals surface area (Å²) in [5.74, 6) is 3.56. The summed E-state index contributed by atoms with van der Waals surface area (Å²) in [6, 6.07) is 6.21. The molecule has 2 rings (SSSR count). The molecule has 0 N–H and O–H groups in total. The van der Waals surface area contributed by atoms with Gasteiger partial charge in [0, 0.05) is 18.0 Å². The highest BCUT2D eigenvalue weighted by molar-refractivity contribution is 7.98. The van der Waals surface area contributed by atoms with Crippen LogP contribution in [0.5, 0.6) is 11.5 Å². The number of rotatable bonds is 7. The highest BCUT2D eigenvalue weighted by atomic mass is 32.2. The summed E-state index contributed by atoms with van der Waals surface area (Å²) in [7, 11) is 3.43. The van der Waals surface area contributed by atoms with Gasteiger partial charge in [-0.2, -0.15) is 11.8 Å². The van der Waals surface area contributed by atoms with E-state index in [1.807, 2.05) is 17.8 Å². The molecule has 1 atom stereocenters. The first kappa shape index (κ1) is 15.5. The van der Waals surface area contributed by atoms with Crippen LogP contribution in [0.15, 0.2) is 18.2 Å². The molecule has 0 bridgehead atoms. The molecule has 0 amide bonds. The van der Waals surface area contributed by atoms with Crippen LogP contribution >= 0.6 is 11.8 Å². The van der Waals surface area contributed by atoms with Crippen LogP contribution < -0.4 is 9.47 Å². The van der Waals surface area contributed by atoms with Gasteiger partial charge in [-0.3, -0.25) is 0 Å². The molecule has 20 heavy (non-hydrogen) atoms. The van der Waals surface area contributed by atoms with E-state index in [0.29, 0.717) is 5.92 Å². The Hall–Kier alpha value is -0.870. The minimum atomic E-state index is 0.564. The Labute approximate surface area is 126 Å². The van der Waals surface area contributed by atoms with Crippen molar-refractivity contribution in [2.24, 2.45) is 0 Å². The van der Waals surface area contributed by atoms with Crippen LogP contribution in [-0.2, 0) is 0 Å². The molecule has 1 heterocycles. The van der Waals surface area contributed by atoms with Gasteiger partial charge in [0.05, 0.1) is 14.2 Å². The fraction of sp³-hybridized carbons (Fsp3) is 0.625. The zero-order valence-corrected chi connectivity index (χ0v) is 13.5. The highest BCUT2D eigenvalue weighted by Gasteiger charge is 2.26. The number of benzene rings is 1. The largest absolute Gasteiger partial charge is 0.493 e. The first-order chi connectivity index (χ1) is 9.80. The van der Waals surface area contributed by atoms with Gasteiger partial charge in [0.1, 0.15) is 0 Å². The maximum absolute atomic E-state index is 5.57. The summed E-state index contributed by atoms with van der Waals surface area (Å²) in [6.07, 6.45) is 4.67. The van der Waals surface area contributed by atoms with Gasteiger partial charge < -0.3 is 14.4 Å². The van der Waals surface area contributed by atoms with E-state index in [4.69, 9.17) is 9.47 Å². The second-order valence-corrected chi connectivity index (χ2v) is 6.20. The minimum Gasteiger partial charge on any atom is -0.493 e. The van der Waals surface area contributed by atoms with Crippen LogP contribution in [0.2, 0.25) is 0 Å². The van der Waals surface area contributed by atoms with Crippen molar-refractivity contribution in [3.63, 3.8) is 0 Å². The quantitative estimate of drug-likeness (QED) is 0.720. The molecule has 1 aromatic carbocycles. The van der Waals surface area contributed by atoms with Crippen LogP contribution in [0.4, 0.5) is 0 Å². The van der Waals surface area contributed by atoms with Crippen molar-refractivity contribution in [3.05, 3.63) is 23.8 Å². The van der Waals surface area contributed by atoms with E-state index in [0.717, 1.165) is 18.0 Å². The first-order valence-corrected chi connectivity index (χ1v) is 8.61. The molecule has 0 radical (unpaired) electrons. The average Bonchev–Trinajstić information content (AvgIpc) is 2.95. The van der Waals surface area contributed by atoms with E-state index < -0.39 is 0 Å². The topological polar surface area (TPSA) is 21.7 Å². The van der Waals surface area contributed by atoms with E-state index in [2.05, 4.69) is 23.3 Å². The molecule has 1 fully saturated rings. The zero-order valence-electron chi connectivity index (χ0n) is 12.7. The normalized spacial score (nSPS) is 19.2. The predicted octanol–water partition coefficient (Wildman–Crippen LogP) is 3.25. The maximum Gasteiger partial charge on any atom is 0.164 e. The second-order valence-electron chi connectivity index (χ2n) is 5.22. The predicted molar refractivity (Wildman–Crippen MR) is 86.3 cm³/mol. The molecule has 1 aromatic rings. The van der Waals surface area contributed by atoms with Crippen molar-refractivity contribution in [2.75, 3.05) is 45.9 Å². The molecule has 112 valence electrons. The third kappa shape index (κ3) is 3.61. The smallest absolute Gasteiger partial charge is 0.164 e. The molecule has 0 unspecified atom stereocenters. The molecule has 0 saturated carbocycles. The van der Waals surface area contributed by atoms with Crippen LogP contribution in [-0.4, -0.2) is 50.8 Å². The number of likely N-dealkylation sites (tertiary alicyclic amines) is 1. The van der Waals surface area contributed by atoms with Gasteiger partial charge >= 0.3 is 0 Å². The third-order valence-corrected chi connectivity index (χ3v) is 4.67. The summed E-state index contributed by atoms with van der Waals surface area (Å²) in [5.41, 5.74) is 1.29. The number of para-hydroxylation sites is 1. The van der Waals surface area contributed by atoms with Gasteiger partial charge in [-0.25, -0.2) is 0 Å². The fourth-order valence-electron chi connectivity index (χ4n) is 2.96. The maximum atomic E-state index is 5.57. The molecule has 0 spiro atoms. The standard InChI is InChI=1S/C16H25NO2S/c1-18-15-7-4-6-14(16(15)19-2)13-8-10-17(12-13)9-5-11-20-3/h4,6-7,13H,5,8-12H2,1-3H3/t13-/m0/s1. The van der Waals surface area contributed by atoms with Crippen LogP contribution in [0.25, 0.3) is 0 Å². The van der Waals surface area contributed by atoms with Crippen LogP contribution in [0, 0.1) is 0 Å². The molecule has 1 aliphatic rings. The van der Waals surface area contributed by atoms with Crippen molar-refractivity contribution >= 4 is 11.8 Å². The molecule has 3 nitrogen and oxygen atoms in total. The Bertz CT molecular complexity index is 425. The Morgan fingerprint density at radius 2 is 2.15 bits per heavy atom. The lowest BCUT2D eigenvalue weighted by atomic mass is 9.97. The van der Waals surface area contributed by atoms with E-state index >= 15 is 0 Å². The Kier molecular flexibility index (Phi) is 6.05. The van der Waals surface area contributed by atoms with Crippen LogP contribution in [0.1, 0.15) is 24.3 Å². The van der Waals surface area contributed by atoms with Gasteiger partial charge in [-0.05, 0) is 44.0 Å². The van der Waals surface area contributed by atoms with Crippen molar-refractivity contribution in [1.29, 1.82) is 0 Å². The van der Waals surface area contributed by atoms with Crippen molar-refractivity contribution in [3.8, 4) is 11.5 Å². The second kappa shape index (κ2) is 7.79. The lowest BCUT2D eigenvalue weighted by Gasteiger charge is -2.18. The number of hydrogen-bond acceptors (Lipinski definition) is 4. The summed E-state index contributed by atoms with van der Waals surface area (Å²) in [6.45, 7) is 3.54. The van der Waals surface area contributed by atoms with E-state index in [-0.39, 0.29) is 0 Å². The Morgan fingerprint density at radius 3 is 2.85 bits per heavy atom. The fourth-order valence-corrected chi connectivity index (χ4v) is 3.37. The number of hydrogen-bond donors (Lipinski definition) is 0.